The van der Waals surface area contributed by atoms with E-state index in [0.717, 1.165) is 4.31 Å². The number of ether oxygens (including phenoxy) is 3. The molecule has 3 aromatic rings. The molecule has 0 fully saturated rings. The van der Waals surface area contributed by atoms with Crippen LogP contribution in [0.25, 0.3) is 0 Å². The van der Waals surface area contributed by atoms with Crippen LogP contribution in [0.2, 0.25) is 0 Å². The lowest BCUT2D eigenvalue weighted by molar-refractivity contribution is -0.114. The van der Waals surface area contributed by atoms with Crippen LogP contribution < -0.4 is 23.8 Å². The van der Waals surface area contributed by atoms with E-state index >= 15 is 0 Å². The predicted octanol–water partition coefficient (Wildman–Crippen LogP) is 3.85. The number of para-hydroxylation sites is 1. The summed E-state index contributed by atoms with van der Waals surface area (Å²) in [5.74, 6) is 1.02. The minimum absolute atomic E-state index is 0.0589. The highest BCUT2D eigenvalue weighted by Gasteiger charge is 2.28. The number of aryl methyl sites for hydroxylation is 1. The molecule has 0 saturated heterocycles. The number of nitrogens with one attached hydrogen (secondary N) is 1. The van der Waals surface area contributed by atoms with Crippen molar-refractivity contribution < 1.29 is 27.4 Å². The number of rotatable bonds is 9. The van der Waals surface area contributed by atoms with Crippen molar-refractivity contribution >= 4 is 27.3 Å². The van der Waals surface area contributed by atoms with Crippen LogP contribution in [0.15, 0.2) is 71.6 Å². The van der Waals surface area contributed by atoms with Gasteiger partial charge in [0.25, 0.3) is 10.0 Å². The van der Waals surface area contributed by atoms with Crippen LogP contribution in [0.5, 0.6) is 17.2 Å². The van der Waals surface area contributed by atoms with Crippen molar-refractivity contribution in [1.29, 1.82) is 0 Å². The third-order valence-electron chi connectivity index (χ3n) is 4.95. The van der Waals surface area contributed by atoms with Gasteiger partial charge >= 0.3 is 0 Å². The lowest BCUT2D eigenvalue weighted by Gasteiger charge is -2.24. The first-order chi connectivity index (χ1) is 15.8. The molecule has 33 heavy (non-hydrogen) atoms. The monoisotopic (exact) mass is 470 g/mol. The van der Waals surface area contributed by atoms with Gasteiger partial charge in [-0.3, -0.25) is 9.10 Å². The van der Waals surface area contributed by atoms with Gasteiger partial charge < -0.3 is 19.5 Å². The maximum absolute atomic E-state index is 13.5. The zero-order chi connectivity index (χ0) is 24.0. The molecule has 3 rings (SSSR count). The molecule has 1 N–H and O–H groups in total. The van der Waals surface area contributed by atoms with Crippen LogP contribution in [-0.4, -0.2) is 42.2 Å². The summed E-state index contributed by atoms with van der Waals surface area (Å²) in [5, 5.41) is 2.72. The lowest BCUT2D eigenvalue weighted by atomic mass is 10.2. The van der Waals surface area contributed by atoms with E-state index in [9.17, 15) is 13.2 Å². The van der Waals surface area contributed by atoms with Gasteiger partial charge in [-0.25, -0.2) is 8.42 Å². The summed E-state index contributed by atoms with van der Waals surface area (Å²) in [5.41, 5.74) is 1.48. The van der Waals surface area contributed by atoms with Crippen molar-refractivity contribution in [3.05, 3.63) is 72.3 Å². The normalized spacial score (nSPS) is 10.9. The molecule has 0 aliphatic rings. The van der Waals surface area contributed by atoms with E-state index < -0.39 is 22.5 Å². The van der Waals surface area contributed by atoms with Crippen LogP contribution in [0.4, 0.5) is 11.4 Å². The van der Waals surface area contributed by atoms with E-state index in [1.54, 1.807) is 61.5 Å². The third-order valence-corrected chi connectivity index (χ3v) is 6.72. The molecule has 0 aromatic heterocycles. The fourth-order valence-corrected chi connectivity index (χ4v) is 4.80. The topological polar surface area (TPSA) is 94.2 Å². The van der Waals surface area contributed by atoms with Crippen LogP contribution >= 0.6 is 0 Å². The van der Waals surface area contributed by atoms with Crippen LogP contribution in [0, 0.1) is 6.92 Å². The molecule has 0 aliphatic carbocycles. The van der Waals surface area contributed by atoms with Gasteiger partial charge in [0.15, 0.2) is 11.5 Å². The Hall–Kier alpha value is -3.72. The Bertz CT molecular complexity index is 1230. The maximum Gasteiger partial charge on any atom is 0.264 e. The van der Waals surface area contributed by atoms with Crippen molar-refractivity contribution in [2.75, 3.05) is 37.5 Å². The number of methoxy groups -OCH3 is 3. The fraction of sp³-hybridized carbons (Fsp3) is 0.208. The molecule has 0 aliphatic heterocycles. The SMILES string of the molecule is COc1ccc(S(=O)(=O)N(CC(=O)Nc2ccc(OC)c(OC)c2)c2ccccc2)cc1C. The Kier molecular flexibility index (Phi) is 7.44. The summed E-state index contributed by atoms with van der Waals surface area (Å²) in [7, 11) is 0.483. The Morgan fingerprint density at radius 3 is 2.09 bits per heavy atom. The maximum atomic E-state index is 13.5. The number of amides is 1. The predicted molar refractivity (Wildman–Crippen MR) is 127 cm³/mol. The molecular weight excluding hydrogens is 444 g/mol. The first-order valence-corrected chi connectivity index (χ1v) is 11.5. The molecule has 1 amide bonds. The quantitative estimate of drug-likeness (QED) is 0.511. The van der Waals surface area contributed by atoms with E-state index in [-0.39, 0.29) is 4.90 Å². The molecule has 8 nitrogen and oxygen atoms in total. The smallest absolute Gasteiger partial charge is 0.264 e. The summed E-state index contributed by atoms with van der Waals surface area (Å²) in [4.78, 5) is 12.9. The van der Waals surface area contributed by atoms with E-state index in [4.69, 9.17) is 14.2 Å². The van der Waals surface area contributed by atoms with E-state index in [1.165, 1.54) is 33.5 Å². The van der Waals surface area contributed by atoms with Gasteiger partial charge in [0, 0.05) is 11.8 Å². The third kappa shape index (κ3) is 5.38. The number of carbonyl (C=O) groups is 1. The second-order valence-corrected chi connectivity index (χ2v) is 8.96. The number of nitrogens with zero attached hydrogens (tertiary/aromatic N) is 1. The van der Waals surface area contributed by atoms with Gasteiger partial charge in [-0.15, -0.1) is 0 Å². The molecular formula is C24H26N2O6S. The minimum atomic E-state index is -4.04. The van der Waals surface area contributed by atoms with Crippen molar-refractivity contribution in [2.45, 2.75) is 11.8 Å². The van der Waals surface area contributed by atoms with Gasteiger partial charge in [0.2, 0.25) is 5.91 Å². The molecule has 0 bridgehead atoms. The Balaban J connectivity index is 1.92. The van der Waals surface area contributed by atoms with Crippen molar-refractivity contribution in [3.8, 4) is 17.2 Å². The van der Waals surface area contributed by atoms with Gasteiger partial charge in [-0.2, -0.15) is 0 Å². The van der Waals surface area contributed by atoms with Gasteiger partial charge in [0.05, 0.1) is 31.9 Å². The largest absolute Gasteiger partial charge is 0.496 e. The molecule has 174 valence electrons. The first-order valence-electron chi connectivity index (χ1n) is 10.0. The van der Waals surface area contributed by atoms with E-state index in [1.807, 2.05) is 0 Å². The summed E-state index contributed by atoms with van der Waals surface area (Å²) in [6.07, 6.45) is 0. The van der Waals surface area contributed by atoms with Crippen molar-refractivity contribution in [2.24, 2.45) is 0 Å². The molecule has 0 spiro atoms. The average molecular weight is 471 g/mol. The summed E-state index contributed by atoms with van der Waals surface area (Å²) < 4.78 is 43.8. The van der Waals surface area contributed by atoms with Crippen LogP contribution in [-0.2, 0) is 14.8 Å². The van der Waals surface area contributed by atoms with E-state index in [2.05, 4.69) is 5.32 Å². The second kappa shape index (κ2) is 10.3. The zero-order valence-electron chi connectivity index (χ0n) is 18.9. The first kappa shape index (κ1) is 23.9. The average Bonchev–Trinajstić information content (AvgIpc) is 2.82. The second-order valence-electron chi connectivity index (χ2n) is 7.10. The lowest BCUT2D eigenvalue weighted by Crippen LogP contribution is -2.38. The molecule has 0 radical (unpaired) electrons. The molecule has 3 aromatic carbocycles. The summed E-state index contributed by atoms with van der Waals surface area (Å²) in [6, 6.07) is 17.9. The number of hydrogen-bond acceptors (Lipinski definition) is 6. The highest BCUT2D eigenvalue weighted by Crippen LogP contribution is 2.30. The molecule has 0 unspecified atom stereocenters. The molecule has 9 heteroatoms. The number of carbonyl (C=O) groups excluding carboxylic acids is 1. The summed E-state index contributed by atoms with van der Waals surface area (Å²) in [6.45, 7) is 1.33. The highest BCUT2D eigenvalue weighted by atomic mass is 32.2. The van der Waals surface area contributed by atoms with Crippen LogP contribution in [0.3, 0.4) is 0 Å². The number of sulfonamides is 1. The Morgan fingerprint density at radius 2 is 1.48 bits per heavy atom. The Labute approximate surface area is 193 Å². The summed E-state index contributed by atoms with van der Waals surface area (Å²) >= 11 is 0. The standard InChI is InChI=1S/C24H26N2O6S/c1-17-14-20(11-13-21(17)30-2)33(28,29)26(19-8-6-5-7-9-19)16-24(27)25-18-10-12-22(31-3)23(15-18)32-4/h5-15H,16H2,1-4H3,(H,25,27). The van der Waals surface area contributed by atoms with Gasteiger partial charge in [0.1, 0.15) is 12.3 Å². The minimum Gasteiger partial charge on any atom is -0.496 e. The fourth-order valence-electron chi connectivity index (χ4n) is 3.29. The van der Waals surface area contributed by atoms with Crippen LogP contribution in [0.1, 0.15) is 5.56 Å². The van der Waals surface area contributed by atoms with E-state index in [0.29, 0.717) is 34.2 Å². The van der Waals surface area contributed by atoms with Gasteiger partial charge in [-0.05, 0) is 55.0 Å². The highest BCUT2D eigenvalue weighted by molar-refractivity contribution is 7.92. The number of hydrogen-bond donors (Lipinski definition) is 1. The molecule has 0 heterocycles. The number of anilines is 2. The Morgan fingerprint density at radius 1 is 0.848 bits per heavy atom. The molecule has 0 atom stereocenters. The zero-order valence-corrected chi connectivity index (χ0v) is 19.7. The van der Waals surface area contributed by atoms with Crippen molar-refractivity contribution in [3.63, 3.8) is 0 Å². The number of benzene rings is 3. The van der Waals surface area contributed by atoms with Crippen molar-refractivity contribution in [1.82, 2.24) is 0 Å². The molecule has 0 saturated carbocycles. The van der Waals surface area contributed by atoms with Gasteiger partial charge in [-0.1, -0.05) is 18.2 Å².